The molecule has 1 aromatic heterocycles. The van der Waals surface area contributed by atoms with Gasteiger partial charge in [-0.3, -0.25) is 19.7 Å². The molecule has 1 heterocycles. The largest absolute Gasteiger partial charge is 0.492 e. The van der Waals surface area contributed by atoms with Crippen LogP contribution in [0.3, 0.4) is 0 Å². The van der Waals surface area contributed by atoms with Crippen molar-refractivity contribution in [3.05, 3.63) is 86.9 Å². The van der Waals surface area contributed by atoms with Gasteiger partial charge in [-0.1, -0.05) is 24.3 Å². The first-order valence-electron chi connectivity index (χ1n) is 11.6. The quantitative estimate of drug-likeness (QED) is 0.351. The maximum atomic E-state index is 13.0. The van der Waals surface area contributed by atoms with Gasteiger partial charge in [-0.25, -0.2) is 5.43 Å². The summed E-state index contributed by atoms with van der Waals surface area (Å²) in [5.41, 5.74) is 5.74. The van der Waals surface area contributed by atoms with Crippen molar-refractivity contribution in [2.75, 3.05) is 11.9 Å². The van der Waals surface area contributed by atoms with Crippen molar-refractivity contribution in [2.24, 2.45) is 5.10 Å². The van der Waals surface area contributed by atoms with Crippen molar-refractivity contribution in [1.29, 1.82) is 0 Å². The molecule has 0 radical (unpaired) electrons. The van der Waals surface area contributed by atoms with E-state index in [1.165, 1.54) is 12.1 Å². The van der Waals surface area contributed by atoms with E-state index in [1.54, 1.807) is 31.2 Å². The summed E-state index contributed by atoms with van der Waals surface area (Å²) in [7, 11) is 0. The molecule has 2 N–H and O–H groups in total. The Labute approximate surface area is 207 Å². The van der Waals surface area contributed by atoms with Gasteiger partial charge in [0.2, 0.25) is 5.91 Å². The first-order chi connectivity index (χ1) is 17.4. The van der Waals surface area contributed by atoms with Crippen molar-refractivity contribution in [3.8, 4) is 5.75 Å². The fourth-order valence-electron chi connectivity index (χ4n) is 4.12. The van der Waals surface area contributed by atoms with E-state index in [2.05, 4.69) is 15.8 Å². The summed E-state index contributed by atoms with van der Waals surface area (Å²) in [6.45, 7) is 4.14. The second-order valence-electron chi connectivity index (χ2n) is 8.29. The molecule has 1 aliphatic rings. The number of nitrogens with zero attached hydrogens (tertiary/aromatic N) is 2. The van der Waals surface area contributed by atoms with Crippen molar-refractivity contribution in [2.45, 2.75) is 39.5 Å². The van der Waals surface area contributed by atoms with E-state index in [9.17, 15) is 19.7 Å². The Morgan fingerprint density at radius 2 is 1.89 bits per heavy atom. The smallest absolute Gasteiger partial charge is 0.291 e. The molecule has 2 amide bonds. The van der Waals surface area contributed by atoms with Crippen molar-refractivity contribution >= 4 is 28.9 Å². The lowest BCUT2D eigenvalue weighted by molar-refractivity contribution is -0.384. The van der Waals surface area contributed by atoms with E-state index in [-0.39, 0.29) is 23.8 Å². The summed E-state index contributed by atoms with van der Waals surface area (Å²) in [6, 6.07) is 13.0. The van der Waals surface area contributed by atoms with E-state index >= 15 is 0 Å². The van der Waals surface area contributed by atoms with Crippen LogP contribution in [-0.4, -0.2) is 29.1 Å². The number of furan rings is 1. The molecule has 2 aromatic carbocycles. The summed E-state index contributed by atoms with van der Waals surface area (Å²) in [4.78, 5) is 35.8. The number of hydrogen-bond donors (Lipinski definition) is 2. The Morgan fingerprint density at radius 1 is 1.14 bits per heavy atom. The first kappa shape index (κ1) is 24.6. The molecular weight excluding hydrogens is 464 g/mol. The number of rotatable bonds is 8. The van der Waals surface area contributed by atoms with Crippen LogP contribution in [0, 0.1) is 17.0 Å². The number of ether oxygens (including phenoxy) is 1. The van der Waals surface area contributed by atoms with Gasteiger partial charge in [0.05, 0.1) is 29.4 Å². The molecule has 36 heavy (non-hydrogen) atoms. The number of hydrogen-bond acceptors (Lipinski definition) is 7. The highest BCUT2D eigenvalue weighted by atomic mass is 16.6. The zero-order chi connectivity index (χ0) is 25.7. The van der Waals surface area contributed by atoms with Crippen LogP contribution in [-0.2, 0) is 17.6 Å². The number of carbonyl (C=O) groups excluding carboxylic acids is 2. The Morgan fingerprint density at radius 3 is 2.61 bits per heavy atom. The third-order valence-electron chi connectivity index (χ3n) is 5.79. The number of fused-ring (bicyclic) bond motifs is 1. The maximum Gasteiger partial charge on any atom is 0.291 e. The van der Waals surface area contributed by atoms with E-state index in [1.807, 2.05) is 19.1 Å². The van der Waals surface area contributed by atoms with Gasteiger partial charge < -0.3 is 14.5 Å². The molecule has 3 aromatic rings. The Balaban J connectivity index is 1.48. The second kappa shape index (κ2) is 10.9. The van der Waals surface area contributed by atoms with Gasteiger partial charge in [0.1, 0.15) is 11.5 Å². The molecule has 0 atom stereocenters. The van der Waals surface area contributed by atoms with Crippen LogP contribution in [0.1, 0.15) is 52.8 Å². The molecular formula is C26H26N4O6. The van der Waals surface area contributed by atoms with E-state index < -0.39 is 10.8 Å². The Bertz CT molecular complexity index is 1330. The van der Waals surface area contributed by atoms with Crippen LogP contribution in [0.2, 0.25) is 0 Å². The van der Waals surface area contributed by atoms with Gasteiger partial charge >= 0.3 is 0 Å². The Hall–Kier alpha value is -4.47. The molecule has 186 valence electrons. The number of non-ortho nitro benzene ring substituents is 1. The van der Waals surface area contributed by atoms with Gasteiger partial charge in [-0.15, -0.1) is 0 Å². The second-order valence-corrected chi connectivity index (χ2v) is 8.29. The molecule has 0 unspecified atom stereocenters. The number of nitro groups is 1. The normalized spacial score (nSPS) is 13.7. The maximum absolute atomic E-state index is 13.0. The molecule has 0 saturated heterocycles. The van der Waals surface area contributed by atoms with Gasteiger partial charge in [-0.05, 0) is 44.4 Å². The molecule has 0 spiro atoms. The Kier molecular flexibility index (Phi) is 7.43. The number of hydrazone groups is 1. The minimum atomic E-state index is -0.490. The number of aryl methyl sites for hydroxylation is 1. The predicted octanol–water partition coefficient (Wildman–Crippen LogP) is 4.55. The zero-order valence-corrected chi connectivity index (χ0v) is 20.0. The van der Waals surface area contributed by atoms with E-state index in [0.29, 0.717) is 53.5 Å². The van der Waals surface area contributed by atoms with Crippen LogP contribution in [0.5, 0.6) is 5.75 Å². The van der Waals surface area contributed by atoms with Crippen molar-refractivity contribution in [1.82, 2.24) is 5.43 Å². The van der Waals surface area contributed by atoms with Crippen LogP contribution in [0.25, 0.3) is 0 Å². The monoisotopic (exact) mass is 490 g/mol. The number of anilines is 1. The van der Waals surface area contributed by atoms with Crippen molar-refractivity contribution < 1.29 is 23.7 Å². The number of amides is 2. The first-order valence-corrected chi connectivity index (χ1v) is 11.6. The minimum absolute atomic E-state index is 0.0267. The highest BCUT2D eigenvalue weighted by Crippen LogP contribution is 2.31. The third-order valence-corrected chi connectivity index (χ3v) is 5.79. The molecule has 0 aliphatic heterocycles. The molecule has 1 aliphatic carbocycles. The lowest BCUT2D eigenvalue weighted by Crippen LogP contribution is -2.23. The minimum Gasteiger partial charge on any atom is -0.492 e. The summed E-state index contributed by atoms with van der Waals surface area (Å²) in [5, 5.41) is 18.0. The lowest BCUT2D eigenvalue weighted by atomic mass is 9.93. The van der Waals surface area contributed by atoms with Gasteiger partial charge in [0.25, 0.3) is 11.6 Å². The third kappa shape index (κ3) is 5.43. The fraction of sp³-hybridized carbons (Fsp3) is 0.269. The zero-order valence-electron chi connectivity index (χ0n) is 20.0. The fourth-order valence-corrected chi connectivity index (χ4v) is 4.12. The number of carbonyl (C=O) groups is 2. The van der Waals surface area contributed by atoms with E-state index in [0.717, 1.165) is 12.0 Å². The molecule has 4 rings (SSSR count). The van der Waals surface area contributed by atoms with Gasteiger partial charge in [0.15, 0.2) is 5.76 Å². The predicted molar refractivity (Wildman–Crippen MR) is 133 cm³/mol. The highest BCUT2D eigenvalue weighted by Gasteiger charge is 2.28. The standard InChI is InChI=1S/C26H26N4O6/c1-3-35-21-9-5-4-7-19(21)27-26(32)25-16(2)24-20(8-6-10-22(24)36-25)28-29-23(31)15-17-11-13-18(14-12-17)30(33)34/h4-5,7,9,11-14H,3,6,8,10,15H2,1-2H3,(H,27,32)(H,29,31)/b28-20+. The van der Waals surface area contributed by atoms with Crippen LogP contribution in [0.4, 0.5) is 11.4 Å². The number of nitro benzene ring substituents is 1. The summed E-state index contributed by atoms with van der Waals surface area (Å²) >= 11 is 0. The summed E-state index contributed by atoms with van der Waals surface area (Å²) < 4.78 is 11.5. The molecule has 10 nitrogen and oxygen atoms in total. The molecule has 10 heteroatoms. The highest BCUT2D eigenvalue weighted by molar-refractivity contribution is 6.09. The van der Waals surface area contributed by atoms with Crippen LogP contribution >= 0.6 is 0 Å². The summed E-state index contributed by atoms with van der Waals surface area (Å²) in [5.74, 6) is 0.675. The summed E-state index contributed by atoms with van der Waals surface area (Å²) in [6.07, 6.45) is 2.08. The van der Waals surface area contributed by atoms with Gasteiger partial charge in [0, 0.05) is 29.7 Å². The van der Waals surface area contributed by atoms with Crippen LogP contribution in [0.15, 0.2) is 58.0 Å². The average molecular weight is 491 g/mol. The molecule has 0 saturated carbocycles. The number of para-hydroxylation sites is 2. The van der Waals surface area contributed by atoms with Crippen molar-refractivity contribution in [3.63, 3.8) is 0 Å². The molecule has 0 fully saturated rings. The number of benzene rings is 2. The topological polar surface area (TPSA) is 136 Å². The number of nitrogens with one attached hydrogen (secondary N) is 2. The SMILES string of the molecule is CCOc1ccccc1NC(=O)c1oc2c(c1C)/C(=N/NC(=O)Cc1ccc([N+](=O)[O-])cc1)CCC2. The van der Waals surface area contributed by atoms with E-state index in [4.69, 9.17) is 9.15 Å². The lowest BCUT2D eigenvalue weighted by Gasteiger charge is -2.13. The average Bonchev–Trinajstić information content (AvgIpc) is 3.21. The van der Waals surface area contributed by atoms with Gasteiger partial charge in [-0.2, -0.15) is 5.10 Å². The van der Waals surface area contributed by atoms with Crippen LogP contribution < -0.4 is 15.5 Å². The molecule has 0 bridgehead atoms.